The first-order valence-electron chi connectivity index (χ1n) is 4.38. The minimum Gasteiger partial charge on any atom is -0.634 e. The number of hydroxylamine groups is 2. The zero-order valence-corrected chi connectivity index (χ0v) is 7.35. The zero-order valence-electron chi connectivity index (χ0n) is 7.35. The molecular formula is C8H17NO2. The maximum atomic E-state index is 11.1. The third-order valence-electron chi connectivity index (χ3n) is 2.60. The fraction of sp³-hybridized carbons (Fsp3) is 1.00. The fourth-order valence-corrected chi connectivity index (χ4v) is 1.58. The van der Waals surface area contributed by atoms with E-state index in [1.165, 1.54) is 0 Å². The number of ether oxygens (including phenoxy) is 1. The molecule has 0 saturated carbocycles. The van der Waals surface area contributed by atoms with Gasteiger partial charge in [-0.25, -0.2) is 0 Å². The maximum absolute atomic E-state index is 11.1. The minimum atomic E-state index is -0.116. The molecule has 1 aliphatic heterocycles. The summed E-state index contributed by atoms with van der Waals surface area (Å²) in [5, 5.41) is 11.5. The predicted molar refractivity (Wildman–Crippen MR) is 43.3 cm³/mol. The van der Waals surface area contributed by atoms with E-state index < -0.39 is 0 Å². The molecule has 0 aromatic carbocycles. The fourth-order valence-electron chi connectivity index (χ4n) is 1.58. The largest absolute Gasteiger partial charge is 0.634 e. The van der Waals surface area contributed by atoms with Gasteiger partial charge in [0.15, 0.2) is 0 Å². The van der Waals surface area contributed by atoms with Gasteiger partial charge in [0.05, 0.1) is 6.61 Å². The molecule has 1 unspecified atom stereocenters. The van der Waals surface area contributed by atoms with Gasteiger partial charge in [0.2, 0.25) is 0 Å². The molecule has 0 amide bonds. The monoisotopic (exact) mass is 159 g/mol. The van der Waals surface area contributed by atoms with Gasteiger partial charge in [0.25, 0.3) is 0 Å². The lowest BCUT2D eigenvalue weighted by atomic mass is 9.96. The number of hydrogen-bond donors (Lipinski definition) is 1. The average Bonchev–Trinajstić information content (AvgIpc) is 2.04. The SMILES string of the molecule is CCC1(CC)C[NH+]([O-])CCO1. The van der Waals surface area contributed by atoms with Crippen LogP contribution < -0.4 is 5.06 Å². The van der Waals surface area contributed by atoms with Crippen molar-refractivity contribution in [2.75, 3.05) is 19.7 Å². The number of quaternary nitrogens is 1. The van der Waals surface area contributed by atoms with Gasteiger partial charge in [-0.1, -0.05) is 13.8 Å². The first-order valence-corrected chi connectivity index (χ1v) is 4.38. The van der Waals surface area contributed by atoms with Gasteiger partial charge in [-0.2, -0.15) is 0 Å². The Balaban J connectivity index is 2.52. The number of hydrogen-bond acceptors (Lipinski definition) is 2. The summed E-state index contributed by atoms with van der Waals surface area (Å²) in [6.45, 7) is 6.03. The standard InChI is InChI=1S/C8H17NO2/c1-3-8(4-2)7-9(10)5-6-11-8/h9H,3-7H2,1-2H3. The Labute approximate surface area is 67.9 Å². The van der Waals surface area contributed by atoms with Crippen molar-refractivity contribution in [1.82, 2.24) is 0 Å². The third kappa shape index (κ3) is 1.92. The second-order valence-electron chi connectivity index (χ2n) is 3.20. The molecule has 0 radical (unpaired) electrons. The Kier molecular flexibility index (Phi) is 2.87. The van der Waals surface area contributed by atoms with Crippen molar-refractivity contribution in [2.45, 2.75) is 32.3 Å². The second kappa shape index (κ2) is 3.52. The molecule has 0 bridgehead atoms. The first kappa shape index (κ1) is 8.97. The van der Waals surface area contributed by atoms with Crippen LogP contribution >= 0.6 is 0 Å². The molecule has 1 saturated heterocycles. The van der Waals surface area contributed by atoms with Gasteiger partial charge in [-0.15, -0.1) is 0 Å². The normalized spacial score (nSPS) is 30.3. The van der Waals surface area contributed by atoms with Gasteiger partial charge in [0.1, 0.15) is 18.7 Å². The van der Waals surface area contributed by atoms with Crippen LogP contribution in [0.2, 0.25) is 0 Å². The van der Waals surface area contributed by atoms with Crippen molar-refractivity contribution in [2.24, 2.45) is 0 Å². The minimum absolute atomic E-state index is 0.116. The van der Waals surface area contributed by atoms with E-state index in [0.29, 0.717) is 24.8 Å². The Morgan fingerprint density at radius 2 is 2.09 bits per heavy atom. The van der Waals surface area contributed by atoms with E-state index in [-0.39, 0.29) is 5.60 Å². The molecule has 0 aromatic rings. The number of rotatable bonds is 2. The van der Waals surface area contributed by atoms with Crippen molar-refractivity contribution in [3.63, 3.8) is 0 Å². The van der Waals surface area contributed by atoms with Gasteiger partial charge in [-0.05, 0) is 12.8 Å². The van der Waals surface area contributed by atoms with Gasteiger partial charge < -0.3 is 15.0 Å². The van der Waals surface area contributed by atoms with Crippen LogP contribution in [-0.2, 0) is 4.74 Å². The molecule has 1 aliphatic rings. The van der Waals surface area contributed by atoms with Crippen molar-refractivity contribution in [3.05, 3.63) is 5.21 Å². The molecule has 1 rings (SSSR count). The second-order valence-corrected chi connectivity index (χ2v) is 3.20. The van der Waals surface area contributed by atoms with Crippen molar-refractivity contribution in [1.29, 1.82) is 0 Å². The van der Waals surface area contributed by atoms with Crippen LogP contribution in [0.25, 0.3) is 0 Å². The van der Waals surface area contributed by atoms with Crippen LogP contribution in [0.1, 0.15) is 26.7 Å². The summed E-state index contributed by atoms with van der Waals surface area (Å²) in [5.74, 6) is 0. The Hall–Kier alpha value is -0.120. The summed E-state index contributed by atoms with van der Waals surface area (Å²) in [4.78, 5) is 0. The van der Waals surface area contributed by atoms with E-state index >= 15 is 0 Å². The van der Waals surface area contributed by atoms with Gasteiger partial charge >= 0.3 is 0 Å². The molecule has 1 atom stereocenters. The van der Waals surface area contributed by atoms with Crippen molar-refractivity contribution in [3.8, 4) is 0 Å². The van der Waals surface area contributed by atoms with Crippen LogP contribution in [0.15, 0.2) is 0 Å². The predicted octanol–water partition coefficient (Wildman–Crippen LogP) is -0.0419. The third-order valence-corrected chi connectivity index (χ3v) is 2.60. The summed E-state index contributed by atoms with van der Waals surface area (Å²) in [6, 6.07) is 0. The quantitative estimate of drug-likeness (QED) is 0.574. The smallest absolute Gasteiger partial charge is 0.117 e. The lowest BCUT2D eigenvalue weighted by Crippen LogP contribution is -3.11. The van der Waals surface area contributed by atoms with E-state index in [1.54, 1.807) is 0 Å². The van der Waals surface area contributed by atoms with Crippen LogP contribution in [0.3, 0.4) is 0 Å². The highest BCUT2D eigenvalue weighted by atomic mass is 16.5. The van der Waals surface area contributed by atoms with Gasteiger partial charge in [-0.3, -0.25) is 0 Å². The molecule has 0 spiro atoms. The highest BCUT2D eigenvalue weighted by Crippen LogP contribution is 2.19. The molecule has 1 N–H and O–H groups in total. The van der Waals surface area contributed by atoms with Crippen LogP contribution in [0.4, 0.5) is 0 Å². The zero-order chi connectivity index (χ0) is 8.32. The topological polar surface area (TPSA) is 36.7 Å². The Morgan fingerprint density at radius 3 is 2.45 bits per heavy atom. The molecule has 0 aromatic heterocycles. The van der Waals surface area contributed by atoms with E-state index in [1.807, 2.05) is 0 Å². The van der Waals surface area contributed by atoms with Crippen molar-refractivity contribution < 1.29 is 9.80 Å². The summed E-state index contributed by atoms with van der Waals surface area (Å²) < 4.78 is 5.61. The molecule has 1 fully saturated rings. The Bertz CT molecular complexity index is 123. The summed E-state index contributed by atoms with van der Waals surface area (Å²) >= 11 is 0. The van der Waals surface area contributed by atoms with Gasteiger partial charge in [0, 0.05) is 0 Å². The maximum Gasteiger partial charge on any atom is 0.117 e. The molecule has 0 aliphatic carbocycles. The highest BCUT2D eigenvalue weighted by molar-refractivity contribution is 4.78. The summed E-state index contributed by atoms with van der Waals surface area (Å²) in [5.41, 5.74) is -0.116. The summed E-state index contributed by atoms with van der Waals surface area (Å²) in [6.07, 6.45) is 1.91. The number of nitrogens with one attached hydrogen (secondary N) is 1. The molecule has 3 nitrogen and oxygen atoms in total. The van der Waals surface area contributed by atoms with Crippen LogP contribution in [0.5, 0.6) is 0 Å². The lowest BCUT2D eigenvalue weighted by molar-refractivity contribution is -0.867. The molecule has 3 heteroatoms. The lowest BCUT2D eigenvalue weighted by Gasteiger charge is -2.40. The molecule has 11 heavy (non-hydrogen) atoms. The first-order chi connectivity index (χ1) is 5.22. The summed E-state index contributed by atoms with van der Waals surface area (Å²) in [7, 11) is 0. The highest BCUT2D eigenvalue weighted by Gasteiger charge is 2.33. The van der Waals surface area contributed by atoms with E-state index in [0.717, 1.165) is 12.8 Å². The van der Waals surface area contributed by atoms with Crippen LogP contribution in [0, 0.1) is 5.21 Å². The Morgan fingerprint density at radius 1 is 1.45 bits per heavy atom. The van der Waals surface area contributed by atoms with E-state index in [4.69, 9.17) is 4.74 Å². The molecule has 66 valence electrons. The van der Waals surface area contributed by atoms with Crippen molar-refractivity contribution >= 4 is 0 Å². The average molecular weight is 159 g/mol. The number of morpholine rings is 1. The van der Waals surface area contributed by atoms with Crippen LogP contribution in [-0.4, -0.2) is 25.3 Å². The van der Waals surface area contributed by atoms with E-state index in [2.05, 4.69) is 13.8 Å². The molecule has 1 heterocycles. The van der Waals surface area contributed by atoms with E-state index in [9.17, 15) is 5.21 Å². The molecular weight excluding hydrogens is 142 g/mol.